The van der Waals surface area contributed by atoms with Crippen LogP contribution in [0.1, 0.15) is 11.1 Å². The third-order valence-electron chi connectivity index (χ3n) is 3.27. The molecule has 2 N–H and O–H groups in total. The molecule has 0 aliphatic rings. The van der Waals surface area contributed by atoms with Crippen molar-refractivity contribution in [1.29, 1.82) is 0 Å². The summed E-state index contributed by atoms with van der Waals surface area (Å²) < 4.78 is 16.3. The molecule has 0 saturated carbocycles. The number of aliphatic hydroxyl groups excluding tert-OH is 1. The van der Waals surface area contributed by atoms with Crippen molar-refractivity contribution in [3.05, 3.63) is 53.6 Å². The fourth-order valence-corrected chi connectivity index (χ4v) is 2.00. The first-order valence-electron chi connectivity index (χ1n) is 7.57. The molecule has 2 aromatic carbocycles. The van der Waals surface area contributed by atoms with E-state index in [9.17, 15) is 0 Å². The van der Waals surface area contributed by atoms with E-state index in [1.165, 1.54) is 0 Å². The first kappa shape index (κ1) is 17.6. The lowest BCUT2D eigenvalue weighted by Crippen LogP contribution is -2.11. The van der Waals surface area contributed by atoms with E-state index in [0.29, 0.717) is 24.7 Å². The van der Waals surface area contributed by atoms with Gasteiger partial charge in [-0.05, 0) is 41.5 Å². The van der Waals surface area contributed by atoms with Gasteiger partial charge < -0.3 is 24.7 Å². The summed E-state index contributed by atoms with van der Waals surface area (Å²) in [5.41, 5.74) is 4.64. The number of hydrogen-bond donors (Lipinski definition) is 2. The van der Waals surface area contributed by atoms with Gasteiger partial charge in [0.25, 0.3) is 0 Å². The Kier molecular flexibility index (Phi) is 6.91. The van der Waals surface area contributed by atoms with Gasteiger partial charge in [0, 0.05) is 0 Å². The van der Waals surface area contributed by atoms with Crippen molar-refractivity contribution in [2.75, 3.05) is 27.4 Å². The van der Waals surface area contributed by atoms with Crippen LogP contribution < -0.4 is 19.6 Å². The summed E-state index contributed by atoms with van der Waals surface area (Å²) in [6.45, 7) is 0.890. The Morgan fingerprint density at radius 2 is 1.83 bits per heavy atom. The number of methoxy groups -OCH3 is 2. The average molecular weight is 330 g/mol. The summed E-state index contributed by atoms with van der Waals surface area (Å²) >= 11 is 0. The molecule has 0 aliphatic heterocycles. The fourth-order valence-electron chi connectivity index (χ4n) is 2.00. The van der Waals surface area contributed by atoms with Crippen LogP contribution in [0.25, 0.3) is 0 Å². The number of nitrogens with one attached hydrogen (secondary N) is 1. The highest BCUT2D eigenvalue weighted by Crippen LogP contribution is 2.28. The van der Waals surface area contributed by atoms with Crippen LogP contribution >= 0.6 is 0 Å². The van der Waals surface area contributed by atoms with Gasteiger partial charge in [-0.15, -0.1) is 0 Å². The zero-order valence-corrected chi connectivity index (χ0v) is 13.9. The number of benzene rings is 2. The molecule has 0 radical (unpaired) electrons. The Balaban J connectivity index is 2.00. The third kappa shape index (κ3) is 5.17. The summed E-state index contributed by atoms with van der Waals surface area (Å²) in [6, 6.07) is 13.3. The number of rotatable bonds is 9. The molecule has 0 spiro atoms. The number of aliphatic hydroxyl groups is 1. The summed E-state index contributed by atoms with van der Waals surface area (Å²) in [4.78, 5) is 0. The smallest absolute Gasteiger partial charge is 0.161 e. The van der Waals surface area contributed by atoms with E-state index in [1.807, 2.05) is 42.5 Å². The van der Waals surface area contributed by atoms with E-state index in [1.54, 1.807) is 20.4 Å². The van der Waals surface area contributed by atoms with Crippen LogP contribution in [-0.4, -0.2) is 38.7 Å². The van der Waals surface area contributed by atoms with Crippen LogP contribution in [0, 0.1) is 0 Å². The van der Waals surface area contributed by atoms with Crippen LogP contribution in [0.2, 0.25) is 0 Å². The van der Waals surface area contributed by atoms with Crippen molar-refractivity contribution in [2.45, 2.75) is 6.61 Å². The SMILES string of the molecule is COc1ccc(COc2ccc(C=NNCCO)cc2OC)cc1. The van der Waals surface area contributed by atoms with Crippen LogP contribution in [0.4, 0.5) is 0 Å². The second-order valence-corrected chi connectivity index (χ2v) is 4.94. The second kappa shape index (κ2) is 9.42. The summed E-state index contributed by atoms with van der Waals surface area (Å²) in [5, 5.41) is 12.7. The Morgan fingerprint density at radius 3 is 2.50 bits per heavy atom. The number of hydrazone groups is 1. The lowest BCUT2D eigenvalue weighted by Gasteiger charge is -2.11. The second-order valence-electron chi connectivity index (χ2n) is 4.94. The number of nitrogens with zero attached hydrogens (tertiary/aromatic N) is 1. The van der Waals surface area contributed by atoms with E-state index in [-0.39, 0.29) is 6.61 Å². The third-order valence-corrected chi connectivity index (χ3v) is 3.27. The van der Waals surface area contributed by atoms with E-state index in [4.69, 9.17) is 19.3 Å². The van der Waals surface area contributed by atoms with Gasteiger partial charge in [0.1, 0.15) is 12.4 Å². The predicted octanol–water partition coefficient (Wildman–Crippen LogP) is 2.20. The summed E-state index contributed by atoms with van der Waals surface area (Å²) in [5.74, 6) is 2.11. The first-order valence-corrected chi connectivity index (χ1v) is 7.57. The highest BCUT2D eigenvalue weighted by Gasteiger charge is 2.06. The minimum Gasteiger partial charge on any atom is -0.497 e. The van der Waals surface area contributed by atoms with E-state index in [2.05, 4.69) is 10.5 Å². The van der Waals surface area contributed by atoms with Crippen LogP contribution in [0.5, 0.6) is 17.2 Å². The molecule has 0 saturated heterocycles. The molecule has 6 heteroatoms. The predicted molar refractivity (Wildman–Crippen MR) is 93.0 cm³/mol. The topological polar surface area (TPSA) is 72.3 Å². The molecule has 0 atom stereocenters. The molecule has 0 aliphatic carbocycles. The fraction of sp³-hybridized carbons (Fsp3) is 0.278. The Bertz CT molecular complexity index is 657. The zero-order valence-electron chi connectivity index (χ0n) is 13.9. The van der Waals surface area contributed by atoms with E-state index in [0.717, 1.165) is 16.9 Å². The number of ether oxygens (including phenoxy) is 3. The average Bonchev–Trinajstić information content (AvgIpc) is 2.64. The molecule has 0 fully saturated rings. The number of hydrogen-bond acceptors (Lipinski definition) is 6. The normalized spacial score (nSPS) is 10.6. The largest absolute Gasteiger partial charge is 0.497 e. The summed E-state index contributed by atoms with van der Waals surface area (Å²) in [7, 11) is 3.24. The Morgan fingerprint density at radius 1 is 1.04 bits per heavy atom. The standard InChI is InChI=1S/C18H22N2O4/c1-22-16-6-3-14(4-7-16)13-24-17-8-5-15(11-18(17)23-2)12-20-19-9-10-21/h3-8,11-12,19,21H,9-10,13H2,1-2H3. The van der Waals surface area contributed by atoms with Crippen molar-refractivity contribution >= 4 is 6.21 Å². The lowest BCUT2D eigenvalue weighted by molar-refractivity contribution is 0.284. The molecule has 0 bridgehead atoms. The minimum atomic E-state index is 0.0405. The van der Waals surface area contributed by atoms with E-state index < -0.39 is 0 Å². The van der Waals surface area contributed by atoms with Crippen molar-refractivity contribution < 1.29 is 19.3 Å². The molecule has 0 unspecified atom stereocenters. The van der Waals surface area contributed by atoms with Crippen LogP contribution in [0.3, 0.4) is 0 Å². The highest BCUT2D eigenvalue weighted by atomic mass is 16.5. The van der Waals surface area contributed by atoms with Crippen molar-refractivity contribution in [3.8, 4) is 17.2 Å². The highest BCUT2D eigenvalue weighted by molar-refractivity contribution is 5.80. The lowest BCUT2D eigenvalue weighted by atomic mass is 10.2. The minimum absolute atomic E-state index is 0.0405. The first-order chi connectivity index (χ1) is 11.8. The Labute approximate surface area is 141 Å². The molecule has 128 valence electrons. The van der Waals surface area contributed by atoms with Gasteiger partial charge in [-0.25, -0.2) is 0 Å². The van der Waals surface area contributed by atoms with Gasteiger partial charge in [0.15, 0.2) is 11.5 Å². The van der Waals surface area contributed by atoms with Gasteiger partial charge in [-0.3, -0.25) is 0 Å². The van der Waals surface area contributed by atoms with Gasteiger partial charge >= 0.3 is 0 Å². The molecule has 0 aromatic heterocycles. The van der Waals surface area contributed by atoms with Crippen molar-refractivity contribution in [2.24, 2.45) is 5.10 Å². The monoisotopic (exact) mass is 330 g/mol. The van der Waals surface area contributed by atoms with Gasteiger partial charge in [0.05, 0.1) is 33.6 Å². The van der Waals surface area contributed by atoms with Crippen LogP contribution in [0.15, 0.2) is 47.6 Å². The maximum absolute atomic E-state index is 8.68. The Hall–Kier alpha value is -2.73. The molecule has 0 amide bonds. The van der Waals surface area contributed by atoms with Gasteiger partial charge in [-0.1, -0.05) is 12.1 Å². The molecule has 0 heterocycles. The molecular formula is C18H22N2O4. The molecule has 6 nitrogen and oxygen atoms in total. The van der Waals surface area contributed by atoms with Gasteiger partial charge in [-0.2, -0.15) is 5.10 Å². The quantitative estimate of drug-likeness (QED) is 0.419. The molecule has 2 rings (SSSR count). The summed E-state index contributed by atoms with van der Waals surface area (Å²) in [6.07, 6.45) is 1.66. The maximum Gasteiger partial charge on any atom is 0.161 e. The zero-order chi connectivity index (χ0) is 17.2. The molecule has 24 heavy (non-hydrogen) atoms. The van der Waals surface area contributed by atoms with Crippen LogP contribution in [-0.2, 0) is 6.61 Å². The maximum atomic E-state index is 8.68. The van der Waals surface area contributed by atoms with Crippen molar-refractivity contribution in [1.82, 2.24) is 5.43 Å². The molecule has 2 aromatic rings. The molecular weight excluding hydrogens is 308 g/mol. The van der Waals surface area contributed by atoms with Gasteiger partial charge in [0.2, 0.25) is 0 Å². The van der Waals surface area contributed by atoms with Crippen molar-refractivity contribution in [3.63, 3.8) is 0 Å². The van der Waals surface area contributed by atoms with E-state index >= 15 is 0 Å².